The number of nitrogens with one attached hydrogen (secondary N) is 1. The van der Waals surface area contributed by atoms with Crippen LogP contribution in [0, 0.1) is 0 Å². The van der Waals surface area contributed by atoms with E-state index in [1.165, 1.54) is 14.3 Å². The smallest absolute Gasteiger partial charge is 0.408 e. The summed E-state index contributed by atoms with van der Waals surface area (Å²) in [5, 5.41) is 16.6. The van der Waals surface area contributed by atoms with Crippen molar-refractivity contribution in [3.63, 3.8) is 0 Å². The largest absolute Gasteiger partial charge is 0.458 e. The van der Waals surface area contributed by atoms with Gasteiger partial charge in [-0.3, -0.25) is 19.2 Å². The molecule has 0 bridgehead atoms. The summed E-state index contributed by atoms with van der Waals surface area (Å²) in [7, 11) is 3.30. The number of esters is 3. The molecule has 1 aliphatic carbocycles. The van der Waals surface area contributed by atoms with Crippen molar-refractivity contribution in [1.29, 1.82) is 0 Å². The van der Waals surface area contributed by atoms with Gasteiger partial charge in [0.15, 0.2) is 5.60 Å². The van der Waals surface area contributed by atoms with E-state index in [-0.39, 0.29) is 74.8 Å². The Hall–Kier alpha value is -9.22. The zero-order valence-electron chi connectivity index (χ0n) is 57.1. The van der Waals surface area contributed by atoms with E-state index in [0.717, 1.165) is 74.4 Å². The highest BCUT2D eigenvalue weighted by molar-refractivity contribution is 7.16. The highest BCUT2D eigenvalue weighted by Crippen LogP contribution is 2.44. The number of fused-ring (bicyclic) bond motifs is 15. The number of alkyl carbamates (subject to hydrolysis) is 1. The van der Waals surface area contributed by atoms with Crippen molar-refractivity contribution in [3.8, 4) is 34.2 Å². The second-order valence-electron chi connectivity index (χ2n) is 23.3. The first-order valence-electron chi connectivity index (χ1n) is 33.0. The summed E-state index contributed by atoms with van der Waals surface area (Å²) in [6.45, 7) is 7.35. The van der Waals surface area contributed by atoms with Crippen LogP contribution in [0.25, 0.3) is 66.9 Å². The van der Waals surface area contributed by atoms with Crippen LogP contribution in [0.1, 0.15) is 135 Å². The average Bonchev–Trinajstić information content (AvgIpc) is 1.47. The molecule has 5 atom stereocenters. The maximum absolute atomic E-state index is 13.5. The molecule has 1 saturated carbocycles. The number of nitrogens with zero attached hydrogens (tertiary/aromatic N) is 6. The van der Waals surface area contributed by atoms with Gasteiger partial charge in [0.25, 0.3) is 16.7 Å². The second kappa shape index (κ2) is 29.1. The lowest BCUT2D eigenvalue weighted by molar-refractivity contribution is -0.173. The van der Waals surface area contributed by atoms with Gasteiger partial charge in [-0.2, -0.15) is 0 Å². The molecule has 27 heteroatoms. The van der Waals surface area contributed by atoms with E-state index in [2.05, 4.69) is 34.7 Å². The molecular formula is C71H72Cl3N8O15P. The SMILES string of the molecule is C.CC[C@@]1(O)C(=O)OCc2c1cc1n(c2=O)Cc2cc3ccccc3nc2-1.CC[C@@]1(OC(=O)Cl)C(=O)OCc2c1cc1n(c2=O)Cc2cc3ccccc3nc2-1.CC[C@@]1(OC(=O)NC2CCC2)C(=O)OCc2c1cc1n(c2=O)Cc2cc3ccccc3nc2-1.O=C(Cl)Cl.[2H]C.[2H]C([3H])(C)P.[2H]N. The molecule has 0 spiro atoms. The van der Waals surface area contributed by atoms with Crippen LogP contribution in [0.4, 0.5) is 14.4 Å². The van der Waals surface area contributed by atoms with E-state index in [1.54, 1.807) is 52.7 Å². The summed E-state index contributed by atoms with van der Waals surface area (Å²) in [6, 6.07) is 34.6. The molecule has 12 heterocycles. The van der Waals surface area contributed by atoms with E-state index < -0.39 is 57.0 Å². The number of cyclic esters (lactones) is 3. The van der Waals surface area contributed by atoms with Crippen molar-refractivity contribution in [2.45, 2.75) is 143 Å². The lowest BCUT2D eigenvalue weighted by Crippen LogP contribution is -2.50. The van der Waals surface area contributed by atoms with Gasteiger partial charge in [0, 0.05) is 71.3 Å². The molecule has 512 valence electrons. The number of pyridine rings is 6. The Balaban J connectivity index is 0.000000164. The third-order valence-corrected chi connectivity index (χ3v) is 18.2. The van der Waals surface area contributed by atoms with Gasteiger partial charge in [0.05, 0.1) is 87.0 Å². The van der Waals surface area contributed by atoms with E-state index in [9.17, 15) is 43.5 Å². The molecule has 1 fully saturated rings. The van der Waals surface area contributed by atoms with Crippen molar-refractivity contribution in [2.75, 3.05) is 6.11 Å². The number of hydrogen-bond donors (Lipinski definition) is 3. The van der Waals surface area contributed by atoms with Crippen molar-refractivity contribution in [3.05, 3.63) is 190 Å². The van der Waals surface area contributed by atoms with Crippen molar-refractivity contribution >= 4 is 111 Å². The van der Waals surface area contributed by atoms with Crippen LogP contribution >= 0.6 is 44.0 Å². The predicted molar refractivity (Wildman–Crippen MR) is 375 cm³/mol. The number of amides is 1. The topological polar surface area (TPSA) is 320 Å². The molecule has 23 nitrogen and oxygen atoms in total. The molecule has 1 amide bonds. The lowest BCUT2D eigenvalue weighted by Gasteiger charge is -2.36. The quantitative estimate of drug-likeness (QED) is 0.0602. The molecule has 0 saturated heterocycles. The molecule has 0 radical (unpaired) electrons. The maximum atomic E-state index is 13.5. The van der Waals surface area contributed by atoms with E-state index >= 15 is 0 Å². The number of carbonyl (C=O) groups is 6. The lowest BCUT2D eigenvalue weighted by atomic mass is 9.85. The number of carbonyl (C=O) groups excluding carboxylic acids is 6. The molecule has 9 aromatic rings. The van der Waals surface area contributed by atoms with Gasteiger partial charge in [-0.15, -0.1) is 9.24 Å². The molecule has 98 heavy (non-hydrogen) atoms. The highest BCUT2D eigenvalue weighted by Gasteiger charge is 2.53. The summed E-state index contributed by atoms with van der Waals surface area (Å²) in [4.78, 5) is 125. The zero-order chi connectivity index (χ0) is 73.2. The Kier molecular flexibility index (Phi) is 20.0. The number of para-hydroxylation sites is 3. The minimum Gasteiger partial charge on any atom is -0.458 e. The number of ether oxygens (including phenoxy) is 5. The van der Waals surface area contributed by atoms with Crippen molar-refractivity contribution < 1.29 is 63.1 Å². The normalized spacial score (nSPS) is 19.7. The Morgan fingerprint density at radius 3 is 1.29 bits per heavy atom. The molecule has 6 aromatic heterocycles. The predicted octanol–water partition coefficient (Wildman–Crippen LogP) is 12.8. The van der Waals surface area contributed by atoms with Gasteiger partial charge in [0.1, 0.15) is 21.2 Å². The number of benzene rings is 3. The first kappa shape index (κ1) is 67.4. The van der Waals surface area contributed by atoms with Gasteiger partial charge in [-0.1, -0.05) is 97.1 Å². The second-order valence-corrected chi connectivity index (χ2v) is 25.1. The third kappa shape index (κ3) is 12.8. The van der Waals surface area contributed by atoms with Gasteiger partial charge in [-0.05, 0) is 122 Å². The third-order valence-electron chi connectivity index (χ3n) is 18.1. The number of rotatable bonds is 6. The monoisotopic (exact) mass is 1420 g/mol. The summed E-state index contributed by atoms with van der Waals surface area (Å²) in [5.74, 6) is -2.10. The van der Waals surface area contributed by atoms with Gasteiger partial charge >= 0.3 is 34.1 Å². The standard InChI is InChI=1S/C25H23N3O5.C21H15ClN2O5.C20H16N2O4.C2H7P.CCl2O.2CH4.H3N/c1-2-25(33-24(31)26-16-7-5-8-16)18-11-20-21-15(10-14-6-3-4-9-19(14)27-21)12-28(20)22(29)17(18)13-32-23(25)30;1-2-21(29-20(22)27)14-8-16-17-12(7-11-5-3-4-6-15(11)23-17)9-24(16)18(25)13(14)10-28-19(21)26;1-2-20(25)14-8-16-17-12(7-11-5-3-4-6-15(11)21-17)9-22(16)18(23)13(14)10-26-19(20)24;1-2-3;2-1(3)4;;;/h3-4,6,9-11,16H,2,5,7-8,12-13H2,1H3,(H,26,31);3-8H,2,9-10H2,1H3;3-8,25H,2,9-10H2,1H3;2-3H2,1H3;;2*1H4;1H3/t25-;21-;20-;;;;;/m000...../s1/i;;;2TD;;1D;;/hD. The van der Waals surface area contributed by atoms with Crippen molar-refractivity contribution in [2.24, 2.45) is 0 Å². The molecule has 3 aromatic carbocycles. The minimum absolute atomic E-state index is 0. The first-order valence-corrected chi connectivity index (χ1v) is 32.2. The number of aliphatic hydroxyl groups is 1. The Bertz CT molecular complexity index is 5040. The van der Waals surface area contributed by atoms with Crippen LogP contribution < -0.4 is 28.1 Å². The van der Waals surface area contributed by atoms with E-state index in [0.29, 0.717) is 75.9 Å². The first-order chi connectivity index (χ1) is 48.2. The summed E-state index contributed by atoms with van der Waals surface area (Å²) < 4.78 is 54.8. The highest BCUT2D eigenvalue weighted by atomic mass is 35.5. The van der Waals surface area contributed by atoms with Crippen LogP contribution in [0.3, 0.4) is 0 Å². The summed E-state index contributed by atoms with van der Waals surface area (Å²) in [5.41, 5.74) is 4.08. The van der Waals surface area contributed by atoms with Crippen LogP contribution in [0.5, 0.6) is 0 Å². The Labute approximate surface area is 585 Å². The number of hydrogen-bond acceptors (Lipinski definition) is 19. The zero-order valence-corrected chi connectivity index (χ0v) is 56.5. The molecule has 5 N–H and O–H groups in total. The van der Waals surface area contributed by atoms with E-state index in [1.807, 2.05) is 100 Å². The minimum atomic E-state index is -1.79. The van der Waals surface area contributed by atoms with Crippen LogP contribution in [0.2, 0.25) is 1.41 Å². The molecular weight excluding hydrogens is 1340 g/mol. The van der Waals surface area contributed by atoms with Gasteiger partial charge in [-0.25, -0.2) is 38.9 Å². The molecule has 16 rings (SSSR count). The summed E-state index contributed by atoms with van der Waals surface area (Å²) >= 11 is 14.3. The van der Waals surface area contributed by atoms with E-state index in [4.69, 9.17) is 60.6 Å². The molecule has 2 unspecified atom stereocenters. The fraction of sp³-hybridized carbons (Fsp3) is 0.324. The molecule has 6 aliphatic heterocycles. The fourth-order valence-corrected chi connectivity index (χ4v) is 13.3. The summed E-state index contributed by atoms with van der Waals surface area (Å²) in [6.07, 6.45) is 5.20. The number of halogens is 3. The Morgan fingerprint density at radius 2 is 0.949 bits per heavy atom. The van der Waals surface area contributed by atoms with Crippen LogP contribution in [-0.2, 0) is 94.3 Å². The van der Waals surface area contributed by atoms with Gasteiger partial charge in [0.2, 0.25) is 11.2 Å². The van der Waals surface area contributed by atoms with Crippen LogP contribution in [-0.4, -0.2) is 80.0 Å². The fourth-order valence-electron chi connectivity index (χ4n) is 13.1. The van der Waals surface area contributed by atoms with Crippen molar-refractivity contribution in [1.82, 2.24) is 40.1 Å². The maximum Gasteiger partial charge on any atom is 0.408 e. The number of aromatic nitrogens is 6. The van der Waals surface area contributed by atoms with Gasteiger partial charge < -0.3 is 54.0 Å². The van der Waals surface area contributed by atoms with Crippen LogP contribution in [0.15, 0.2) is 124 Å². The molecule has 7 aliphatic rings. The Morgan fingerprint density at radius 1 is 0.612 bits per heavy atom. The average molecular weight is 1420 g/mol.